The first-order valence-corrected chi connectivity index (χ1v) is 10.3. The van der Waals surface area contributed by atoms with Crippen molar-refractivity contribution in [2.75, 3.05) is 0 Å². The van der Waals surface area contributed by atoms with Gasteiger partial charge in [0.15, 0.2) is 0 Å². The Balaban J connectivity index is 1.73. The highest BCUT2D eigenvalue weighted by atomic mass is 14.9. The van der Waals surface area contributed by atoms with Crippen LogP contribution in [-0.4, -0.2) is 11.3 Å². The molecule has 7 atom stereocenters. The van der Waals surface area contributed by atoms with Gasteiger partial charge >= 0.3 is 0 Å². The molecule has 134 valence electrons. The highest BCUT2D eigenvalue weighted by Gasteiger charge is 2.64. The van der Waals surface area contributed by atoms with Crippen LogP contribution in [0.25, 0.3) is 0 Å². The maximum absolute atomic E-state index is 8.29. The molecule has 3 N–H and O–H groups in total. The van der Waals surface area contributed by atoms with Gasteiger partial charge in [-0.05, 0) is 86.9 Å². The lowest BCUT2D eigenvalue weighted by Crippen LogP contribution is -2.66. The number of rotatable bonds is 1. The molecule has 3 fully saturated rings. The van der Waals surface area contributed by atoms with E-state index in [1.807, 2.05) is 6.92 Å². The summed E-state index contributed by atoms with van der Waals surface area (Å²) in [6, 6.07) is 0. The van der Waals surface area contributed by atoms with Crippen LogP contribution in [0.15, 0.2) is 11.6 Å². The van der Waals surface area contributed by atoms with Gasteiger partial charge in [0.25, 0.3) is 0 Å². The molecule has 0 aromatic heterocycles. The zero-order valence-electron chi connectivity index (χ0n) is 16.1. The lowest BCUT2D eigenvalue weighted by Gasteiger charge is -2.63. The SMILES string of the molecule is CC(=N)C1CCC2C1(C)CCC1C3(C)CCC(C)C=C3CCC12N. The van der Waals surface area contributed by atoms with Crippen molar-refractivity contribution in [2.45, 2.75) is 84.6 Å². The summed E-state index contributed by atoms with van der Waals surface area (Å²) < 4.78 is 0. The molecule has 0 heterocycles. The van der Waals surface area contributed by atoms with Crippen LogP contribution in [0.5, 0.6) is 0 Å². The molecule has 4 aliphatic rings. The van der Waals surface area contributed by atoms with Gasteiger partial charge in [0.1, 0.15) is 0 Å². The van der Waals surface area contributed by atoms with Gasteiger partial charge < -0.3 is 11.1 Å². The van der Waals surface area contributed by atoms with E-state index in [4.69, 9.17) is 11.1 Å². The maximum atomic E-state index is 8.29. The molecule has 0 saturated heterocycles. The zero-order chi connectivity index (χ0) is 17.3. The van der Waals surface area contributed by atoms with Crippen LogP contribution >= 0.6 is 0 Å². The standard InChI is InChI=1S/C22H36N2/c1-14-7-10-20(3)16(13-14)8-12-22(24)18-6-5-17(15(2)23)21(18,4)11-9-19(20)22/h13-14,17-19,23H,5-12,24H2,1-4H3. The minimum absolute atomic E-state index is 0.00384. The third-order valence-electron chi connectivity index (χ3n) is 9.06. The second kappa shape index (κ2) is 5.19. The van der Waals surface area contributed by atoms with Gasteiger partial charge in [-0.15, -0.1) is 0 Å². The van der Waals surface area contributed by atoms with E-state index in [0.717, 1.165) is 11.6 Å². The first-order valence-electron chi connectivity index (χ1n) is 10.3. The fourth-order valence-electron chi connectivity index (χ4n) is 7.83. The summed E-state index contributed by atoms with van der Waals surface area (Å²) in [7, 11) is 0. The Hall–Kier alpha value is -0.630. The van der Waals surface area contributed by atoms with Crippen LogP contribution in [0, 0.1) is 39.9 Å². The molecule has 0 bridgehead atoms. The van der Waals surface area contributed by atoms with Gasteiger partial charge in [0, 0.05) is 17.2 Å². The number of nitrogens with two attached hydrogens (primary N) is 1. The monoisotopic (exact) mass is 328 g/mol. The zero-order valence-corrected chi connectivity index (χ0v) is 16.1. The van der Waals surface area contributed by atoms with Gasteiger partial charge in [-0.1, -0.05) is 32.4 Å². The lowest BCUT2D eigenvalue weighted by molar-refractivity contribution is -0.0649. The molecule has 0 amide bonds. The summed E-state index contributed by atoms with van der Waals surface area (Å²) in [6.07, 6.45) is 12.6. The Morgan fingerprint density at radius 2 is 1.83 bits per heavy atom. The Morgan fingerprint density at radius 3 is 2.54 bits per heavy atom. The van der Waals surface area contributed by atoms with Crippen LogP contribution in [0.3, 0.4) is 0 Å². The quantitative estimate of drug-likeness (QED) is 0.496. The Labute approximate surface area is 148 Å². The summed E-state index contributed by atoms with van der Waals surface area (Å²) in [5.41, 5.74) is 10.6. The largest absolute Gasteiger partial charge is 0.325 e. The van der Waals surface area contributed by atoms with Gasteiger partial charge in [0.2, 0.25) is 0 Å². The molecule has 2 heteroatoms. The number of nitrogens with one attached hydrogen (secondary N) is 1. The molecular formula is C22H36N2. The van der Waals surface area contributed by atoms with E-state index in [9.17, 15) is 0 Å². The van der Waals surface area contributed by atoms with E-state index in [-0.39, 0.29) is 11.0 Å². The van der Waals surface area contributed by atoms with E-state index in [1.165, 1.54) is 51.4 Å². The first-order chi connectivity index (χ1) is 11.2. The maximum Gasteiger partial charge on any atom is 0.0228 e. The molecule has 0 aliphatic heterocycles. The van der Waals surface area contributed by atoms with Crippen LogP contribution in [0.4, 0.5) is 0 Å². The number of hydrogen-bond acceptors (Lipinski definition) is 2. The summed E-state index contributed by atoms with van der Waals surface area (Å²) in [5, 5.41) is 8.29. The molecule has 24 heavy (non-hydrogen) atoms. The molecule has 4 rings (SSSR count). The van der Waals surface area contributed by atoms with Crippen molar-refractivity contribution in [1.29, 1.82) is 5.41 Å². The van der Waals surface area contributed by atoms with Crippen molar-refractivity contribution in [3.8, 4) is 0 Å². The van der Waals surface area contributed by atoms with Crippen molar-refractivity contribution < 1.29 is 0 Å². The molecule has 0 aromatic rings. The van der Waals surface area contributed by atoms with Crippen LogP contribution in [0.1, 0.15) is 79.1 Å². The van der Waals surface area contributed by atoms with Crippen LogP contribution in [0.2, 0.25) is 0 Å². The number of allylic oxidation sites excluding steroid dienone is 2. The second-order valence-corrected chi connectivity index (χ2v) is 10.2. The fraction of sp³-hybridized carbons (Fsp3) is 0.864. The molecule has 4 aliphatic carbocycles. The molecule has 0 radical (unpaired) electrons. The molecule has 0 aromatic carbocycles. The fourth-order valence-corrected chi connectivity index (χ4v) is 7.83. The number of fused-ring (bicyclic) bond motifs is 5. The Bertz CT molecular complexity index is 593. The van der Waals surface area contributed by atoms with Crippen molar-refractivity contribution in [3.05, 3.63) is 11.6 Å². The van der Waals surface area contributed by atoms with E-state index >= 15 is 0 Å². The van der Waals surface area contributed by atoms with E-state index in [2.05, 4.69) is 26.8 Å². The summed E-state index contributed by atoms with van der Waals surface area (Å²) in [5.74, 6) is 2.50. The van der Waals surface area contributed by atoms with E-state index in [1.54, 1.807) is 5.57 Å². The van der Waals surface area contributed by atoms with Crippen molar-refractivity contribution in [3.63, 3.8) is 0 Å². The van der Waals surface area contributed by atoms with Gasteiger partial charge in [0.05, 0.1) is 0 Å². The molecule has 3 saturated carbocycles. The summed E-state index contributed by atoms with van der Waals surface area (Å²) in [6.45, 7) is 9.41. The third-order valence-corrected chi connectivity index (χ3v) is 9.06. The molecule has 2 nitrogen and oxygen atoms in total. The summed E-state index contributed by atoms with van der Waals surface area (Å²) in [4.78, 5) is 0. The van der Waals surface area contributed by atoms with E-state index in [0.29, 0.717) is 23.2 Å². The van der Waals surface area contributed by atoms with Crippen molar-refractivity contribution >= 4 is 5.71 Å². The van der Waals surface area contributed by atoms with Gasteiger partial charge in [-0.25, -0.2) is 0 Å². The molecule has 7 unspecified atom stereocenters. The summed E-state index contributed by atoms with van der Waals surface area (Å²) >= 11 is 0. The van der Waals surface area contributed by atoms with Crippen molar-refractivity contribution in [1.82, 2.24) is 0 Å². The Morgan fingerprint density at radius 1 is 1.08 bits per heavy atom. The predicted molar refractivity (Wildman–Crippen MR) is 101 cm³/mol. The topological polar surface area (TPSA) is 49.9 Å². The lowest BCUT2D eigenvalue weighted by atomic mass is 9.43. The average molecular weight is 329 g/mol. The van der Waals surface area contributed by atoms with Gasteiger partial charge in [-0.3, -0.25) is 0 Å². The second-order valence-electron chi connectivity index (χ2n) is 10.2. The minimum atomic E-state index is 0.00384. The predicted octanol–water partition coefficient (Wildman–Crippen LogP) is 5.32. The average Bonchev–Trinajstić information content (AvgIpc) is 2.87. The minimum Gasteiger partial charge on any atom is -0.325 e. The van der Waals surface area contributed by atoms with Crippen LogP contribution < -0.4 is 5.73 Å². The van der Waals surface area contributed by atoms with Crippen LogP contribution in [-0.2, 0) is 0 Å². The molecular weight excluding hydrogens is 292 g/mol. The first kappa shape index (κ1) is 16.8. The highest BCUT2D eigenvalue weighted by molar-refractivity contribution is 5.82. The normalized spacial score (nSPS) is 53.6. The smallest absolute Gasteiger partial charge is 0.0228 e. The van der Waals surface area contributed by atoms with E-state index < -0.39 is 0 Å². The Kier molecular flexibility index (Phi) is 3.64. The number of hydrogen-bond donors (Lipinski definition) is 2. The third kappa shape index (κ3) is 2.01. The van der Waals surface area contributed by atoms with Crippen molar-refractivity contribution in [2.24, 2.45) is 40.2 Å². The highest BCUT2D eigenvalue weighted by Crippen LogP contribution is 2.67. The van der Waals surface area contributed by atoms with Gasteiger partial charge in [-0.2, -0.15) is 0 Å². The molecule has 0 spiro atoms.